The second-order valence-corrected chi connectivity index (χ2v) is 10.6. The van der Waals surface area contributed by atoms with Gasteiger partial charge < -0.3 is 19.5 Å². The number of hydrogen-bond donors (Lipinski definition) is 1. The Labute approximate surface area is 214 Å². The fourth-order valence-corrected chi connectivity index (χ4v) is 5.41. The quantitative estimate of drug-likeness (QED) is 0.466. The topological polar surface area (TPSA) is 73.9 Å². The Kier molecular flexibility index (Phi) is 7.08. The van der Waals surface area contributed by atoms with E-state index in [1.54, 1.807) is 14.2 Å². The summed E-state index contributed by atoms with van der Waals surface area (Å²) in [4.78, 5) is 26.9. The number of methoxy groups -OCH3 is 2. The first kappa shape index (κ1) is 25.0. The number of carbonyl (C=O) groups excluding carboxylic acids is 2. The van der Waals surface area contributed by atoms with Crippen molar-refractivity contribution in [3.8, 4) is 11.5 Å². The number of allylic oxidation sites excluding steroid dienone is 3. The molecule has 0 aromatic heterocycles. The predicted octanol–water partition coefficient (Wildman–Crippen LogP) is 5.81. The number of ether oxygens (including phenoxy) is 3. The van der Waals surface area contributed by atoms with Crippen molar-refractivity contribution in [2.75, 3.05) is 14.2 Å². The minimum absolute atomic E-state index is 0.0497. The summed E-state index contributed by atoms with van der Waals surface area (Å²) in [6, 6.07) is 13.0. The fraction of sp³-hybridized carbons (Fsp3) is 0.357. The van der Waals surface area contributed by atoms with Crippen LogP contribution in [0, 0.1) is 5.41 Å². The molecule has 35 heavy (non-hydrogen) atoms. The second kappa shape index (κ2) is 9.90. The van der Waals surface area contributed by atoms with Crippen molar-refractivity contribution in [3.05, 3.63) is 80.6 Å². The molecule has 2 aromatic rings. The number of Topliss-reactive ketones (excluding diaryl/α,β-unsaturated/α-hetero) is 1. The standard InChI is InChI=1S/C28H30BrNO5/c1-16-24(27(32)35-15-17-6-9-19(33-4)10-7-17)25(18-8-11-23(34-5)20(29)12-18)26-21(30-16)13-28(2,3)14-22(26)31/h6-12,25,30H,13-15H2,1-5H3/t25-/m0/s1. The molecule has 0 saturated heterocycles. The van der Waals surface area contributed by atoms with Crippen LogP contribution in [-0.2, 0) is 20.9 Å². The SMILES string of the molecule is COc1ccc(COC(=O)C2=C(C)NC3=C(C(=O)CC(C)(C)C3)[C@H]2c2ccc(OC)c(Br)c2)cc1. The van der Waals surface area contributed by atoms with Crippen molar-refractivity contribution in [3.63, 3.8) is 0 Å². The van der Waals surface area contributed by atoms with Crippen molar-refractivity contribution >= 4 is 27.7 Å². The lowest BCUT2D eigenvalue weighted by atomic mass is 9.68. The molecule has 0 fully saturated rings. The number of rotatable bonds is 6. The van der Waals surface area contributed by atoms with Gasteiger partial charge in [0, 0.05) is 29.3 Å². The Bertz CT molecular complexity index is 1230. The van der Waals surface area contributed by atoms with Crippen LogP contribution in [0.3, 0.4) is 0 Å². The van der Waals surface area contributed by atoms with Gasteiger partial charge in [-0.1, -0.05) is 32.0 Å². The summed E-state index contributed by atoms with van der Waals surface area (Å²) in [7, 11) is 3.21. The number of nitrogens with one attached hydrogen (secondary N) is 1. The molecule has 1 atom stereocenters. The number of carbonyl (C=O) groups is 2. The van der Waals surface area contributed by atoms with Gasteiger partial charge >= 0.3 is 5.97 Å². The summed E-state index contributed by atoms with van der Waals surface area (Å²) in [5.74, 6) is 0.483. The Hall–Kier alpha value is -3.06. The van der Waals surface area contributed by atoms with Gasteiger partial charge in [0.25, 0.3) is 0 Å². The molecule has 0 amide bonds. The molecule has 1 aliphatic carbocycles. The number of ketones is 1. The Morgan fingerprint density at radius 2 is 1.80 bits per heavy atom. The van der Waals surface area contributed by atoms with Crippen molar-refractivity contribution < 1.29 is 23.8 Å². The number of esters is 1. The predicted molar refractivity (Wildman–Crippen MR) is 137 cm³/mol. The second-order valence-electron chi connectivity index (χ2n) is 9.75. The summed E-state index contributed by atoms with van der Waals surface area (Å²) >= 11 is 3.56. The third-order valence-corrected chi connectivity index (χ3v) is 7.12. The van der Waals surface area contributed by atoms with Gasteiger partial charge in [-0.2, -0.15) is 0 Å². The fourth-order valence-electron chi connectivity index (χ4n) is 4.85. The molecule has 0 unspecified atom stereocenters. The first-order valence-electron chi connectivity index (χ1n) is 11.5. The van der Waals surface area contributed by atoms with Gasteiger partial charge in [-0.15, -0.1) is 0 Å². The maximum absolute atomic E-state index is 13.5. The van der Waals surface area contributed by atoms with Crippen molar-refractivity contribution in [2.24, 2.45) is 5.41 Å². The van der Waals surface area contributed by atoms with Crippen LogP contribution in [0.1, 0.15) is 50.7 Å². The third-order valence-electron chi connectivity index (χ3n) is 6.50. The zero-order valence-electron chi connectivity index (χ0n) is 20.7. The van der Waals surface area contributed by atoms with Gasteiger partial charge in [-0.05, 0) is 70.1 Å². The number of benzene rings is 2. The van der Waals surface area contributed by atoms with Crippen molar-refractivity contribution in [2.45, 2.75) is 46.1 Å². The van der Waals surface area contributed by atoms with Crippen LogP contribution in [0.15, 0.2) is 69.5 Å². The minimum Gasteiger partial charge on any atom is -0.497 e. The van der Waals surface area contributed by atoms with E-state index in [1.165, 1.54) is 0 Å². The van der Waals surface area contributed by atoms with Crippen LogP contribution >= 0.6 is 15.9 Å². The molecule has 6 nitrogen and oxygen atoms in total. The number of dihydropyridines is 1. The highest BCUT2D eigenvalue weighted by Gasteiger charge is 2.43. The highest BCUT2D eigenvalue weighted by atomic mass is 79.9. The van der Waals surface area contributed by atoms with E-state index in [0.717, 1.165) is 33.5 Å². The van der Waals surface area contributed by atoms with Gasteiger partial charge in [-0.3, -0.25) is 4.79 Å². The molecular weight excluding hydrogens is 510 g/mol. The minimum atomic E-state index is -0.527. The molecule has 2 aliphatic rings. The Morgan fingerprint density at radius 3 is 2.43 bits per heavy atom. The normalized spacial score (nSPS) is 19.1. The van der Waals surface area contributed by atoms with Crippen LogP contribution in [-0.4, -0.2) is 26.0 Å². The van der Waals surface area contributed by atoms with Gasteiger partial charge in [-0.25, -0.2) is 4.79 Å². The zero-order valence-corrected chi connectivity index (χ0v) is 22.2. The van der Waals surface area contributed by atoms with Crippen LogP contribution < -0.4 is 14.8 Å². The van der Waals surface area contributed by atoms with Gasteiger partial charge in [0.2, 0.25) is 0 Å². The highest BCUT2D eigenvalue weighted by molar-refractivity contribution is 9.10. The van der Waals surface area contributed by atoms with E-state index in [0.29, 0.717) is 29.0 Å². The smallest absolute Gasteiger partial charge is 0.337 e. The molecule has 0 radical (unpaired) electrons. The van der Waals surface area contributed by atoms with Crippen LogP contribution in [0.25, 0.3) is 0 Å². The molecule has 4 rings (SSSR count). The first-order valence-corrected chi connectivity index (χ1v) is 12.3. The van der Waals surface area contributed by atoms with E-state index >= 15 is 0 Å². The van der Waals surface area contributed by atoms with Crippen LogP contribution in [0.4, 0.5) is 0 Å². The summed E-state index contributed by atoms with van der Waals surface area (Å²) in [5, 5.41) is 3.37. The van der Waals surface area contributed by atoms with E-state index in [-0.39, 0.29) is 17.8 Å². The molecule has 1 aliphatic heterocycles. The summed E-state index contributed by atoms with van der Waals surface area (Å²) in [5.41, 5.74) is 4.19. The highest BCUT2D eigenvalue weighted by Crippen LogP contribution is 2.47. The maximum Gasteiger partial charge on any atom is 0.337 e. The Balaban J connectivity index is 1.72. The van der Waals surface area contributed by atoms with Crippen LogP contribution in [0.5, 0.6) is 11.5 Å². The van der Waals surface area contributed by atoms with Gasteiger partial charge in [0.15, 0.2) is 5.78 Å². The van der Waals surface area contributed by atoms with E-state index in [2.05, 4.69) is 35.1 Å². The lowest BCUT2D eigenvalue weighted by molar-refractivity contribution is -0.140. The molecule has 1 heterocycles. The van der Waals surface area contributed by atoms with Gasteiger partial charge in [0.1, 0.15) is 18.1 Å². The van der Waals surface area contributed by atoms with Crippen molar-refractivity contribution in [1.82, 2.24) is 5.32 Å². The van der Waals surface area contributed by atoms with E-state index in [1.807, 2.05) is 49.4 Å². The summed E-state index contributed by atoms with van der Waals surface area (Å²) in [6.45, 7) is 6.16. The maximum atomic E-state index is 13.5. The average Bonchev–Trinajstić information content (AvgIpc) is 2.81. The molecule has 0 spiro atoms. The van der Waals surface area contributed by atoms with Crippen LogP contribution in [0.2, 0.25) is 0 Å². The lowest BCUT2D eigenvalue weighted by Gasteiger charge is -2.39. The van der Waals surface area contributed by atoms with Crippen molar-refractivity contribution in [1.29, 1.82) is 0 Å². The molecule has 2 aromatic carbocycles. The summed E-state index contributed by atoms with van der Waals surface area (Å²) < 4.78 is 17.1. The number of hydrogen-bond acceptors (Lipinski definition) is 6. The van der Waals surface area contributed by atoms with E-state index < -0.39 is 11.9 Å². The molecule has 184 valence electrons. The zero-order chi connectivity index (χ0) is 25.3. The van der Waals surface area contributed by atoms with E-state index in [4.69, 9.17) is 14.2 Å². The van der Waals surface area contributed by atoms with Gasteiger partial charge in [0.05, 0.1) is 24.3 Å². The monoisotopic (exact) mass is 539 g/mol. The number of halogens is 1. The Morgan fingerprint density at radius 1 is 1.09 bits per heavy atom. The molecule has 0 bridgehead atoms. The summed E-state index contributed by atoms with van der Waals surface area (Å²) in [6.07, 6.45) is 1.15. The molecule has 1 N–H and O–H groups in total. The first-order chi connectivity index (χ1) is 16.6. The molecule has 0 saturated carbocycles. The largest absolute Gasteiger partial charge is 0.497 e. The molecular formula is C28H30BrNO5. The molecule has 7 heteroatoms. The lowest BCUT2D eigenvalue weighted by Crippen LogP contribution is -2.38. The average molecular weight is 540 g/mol. The van der Waals surface area contributed by atoms with E-state index in [9.17, 15) is 9.59 Å². The third kappa shape index (κ3) is 5.15.